The third kappa shape index (κ3) is 2.89. The van der Waals surface area contributed by atoms with E-state index in [1.165, 1.54) is 0 Å². The van der Waals surface area contributed by atoms with Gasteiger partial charge in [-0.3, -0.25) is 9.48 Å². The number of aryl methyl sites for hydroxylation is 1. The molecule has 16 heavy (non-hydrogen) atoms. The van der Waals surface area contributed by atoms with Crippen molar-refractivity contribution in [3.05, 3.63) is 17.5 Å². The molecule has 0 bridgehead atoms. The fourth-order valence-corrected chi connectivity index (χ4v) is 1.81. The van der Waals surface area contributed by atoms with Crippen LogP contribution in [0.1, 0.15) is 16.1 Å². The summed E-state index contributed by atoms with van der Waals surface area (Å²) in [6, 6.07) is 0. The van der Waals surface area contributed by atoms with E-state index in [0.717, 1.165) is 5.69 Å². The average Bonchev–Trinajstić information content (AvgIpc) is 2.59. The Kier molecular flexibility index (Phi) is 5.09. The largest absolute Gasteiger partial charge is 0.336 e. The highest BCUT2D eigenvalue weighted by molar-refractivity contribution is 6.18. The molecule has 0 atom stereocenters. The van der Waals surface area contributed by atoms with Crippen LogP contribution < -0.4 is 0 Å². The van der Waals surface area contributed by atoms with E-state index in [0.29, 0.717) is 30.4 Å². The summed E-state index contributed by atoms with van der Waals surface area (Å²) in [4.78, 5) is 13.8. The van der Waals surface area contributed by atoms with Crippen molar-refractivity contribution < 1.29 is 4.79 Å². The maximum Gasteiger partial charge on any atom is 0.257 e. The van der Waals surface area contributed by atoms with Crippen LogP contribution in [-0.4, -0.2) is 45.4 Å². The minimum atomic E-state index is -0.0631. The van der Waals surface area contributed by atoms with Gasteiger partial charge in [-0.1, -0.05) is 0 Å². The smallest absolute Gasteiger partial charge is 0.257 e. The Morgan fingerprint density at radius 3 is 2.38 bits per heavy atom. The number of amides is 1. The van der Waals surface area contributed by atoms with E-state index in [2.05, 4.69) is 5.10 Å². The molecule has 4 nitrogen and oxygen atoms in total. The molecular weight excluding hydrogens is 249 g/mol. The van der Waals surface area contributed by atoms with Gasteiger partial charge in [0, 0.05) is 37.6 Å². The summed E-state index contributed by atoms with van der Waals surface area (Å²) >= 11 is 11.3. The first-order chi connectivity index (χ1) is 7.61. The molecule has 1 rings (SSSR count). The maximum absolute atomic E-state index is 12.1. The molecule has 0 saturated carbocycles. The van der Waals surface area contributed by atoms with Gasteiger partial charge >= 0.3 is 0 Å². The Balaban J connectivity index is 2.85. The van der Waals surface area contributed by atoms with Crippen LogP contribution in [0.25, 0.3) is 0 Å². The van der Waals surface area contributed by atoms with Crippen LogP contribution >= 0.6 is 23.2 Å². The average molecular weight is 264 g/mol. The van der Waals surface area contributed by atoms with Crippen LogP contribution in [0.5, 0.6) is 0 Å². The second kappa shape index (κ2) is 6.11. The van der Waals surface area contributed by atoms with Crippen molar-refractivity contribution in [3.63, 3.8) is 0 Å². The lowest BCUT2D eigenvalue weighted by Gasteiger charge is -2.20. The minimum Gasteiger partial charge on any atom is -0.336 e. The second-order valence-electron chi connectivity index (χ2n) is 3.44. The van der Waals surface area contributed by atoms with Gasteiger partial charge in [0.05, 0.1) is 11.8 Å². The third-order valence-corrected chi connectivity index (χ3v) is 2.80. The molecule has 0 radical (unpaired) electrons. The van der Waals surface area contributed by atoms with E-state index >= 15 is 0 Å². The fraction of sp³-hybridized carbons (Fsp3) is 0.600. The Bertz CT molecular complexity index is 359. The predicted molar refractivity (Wildman–Crippen MR) is 65.3 cm³/mol. The van der Waals surface area contributed by atoms with E-state index in [9.17, 15) is 4.79 Å². The zero-order valence-electron chi connectivity index (χ0n) is 9.41. The highest BCUT2D eigenvalue weighted by Gasteiger charge is 2.18. The number of nitrogens with zero attached hydrogens (tertiary/aromatic N) is 3. The van der Waals surface area contributed by atoms with Gasteiger partial charge < -0.3 is 4.90 Å². The van der Waals surface area contributed by atoms with Crippen molar-refractivity contribution in [3.8, 4) is 0 Å². The molecule has 1 aromatic rings. The molecule has 0 saturated heterocycles. The van der Waals surface area contributed by atoms with Crippen LogP contribution in [0.15, 0.2) is 6.20 Å². The predicted octanol–water partition coefficient (Wildman–Crippen LogP) is 1.65. The summed E-state index contributed by atoms with van der Waals surface area (Å²) in [7, 11) is 1.81. The molecule has 90 valence electrons. The molecule has 0 aliphatic rings. The fourth-order valence-electron chi connectivity index (χ4n) is 1.40. The van der Waals surface area contributed by atoms with Crippen molar-refractivity contribution in [2.24, 2.45) is 7.05 Å². The van der Waals surface area contributed by atoms with Crippen molar-refractivity contribution in [2.75, 3.05) is 24.8 Å². The summed E-state index contributed by atoms with van der Waals surface area (Å²) in [6.45, 7) is 2.86. The van der Waals surface area contributed by atoms with Crippen LogP contribution in [0.4, 0.5) is 0 Å². The first-order valence-corrected chi connectivity index (χ1v) is 6.08. The molecule has 0 aliphatic heterocycles. The molecule has 0 unspecified atom stereocenters. The number of hydrogen-bond donors (Lipinski definition) is 0. The van der Waals surface area contributed by atoms with Gasteiger partial charge in [0.15, 0.2) is 0 Å². The van der Waals surface area contributed by atoms with Crippen LogP contribution in [-0.2, 0) is 7.05 Å². The number of carbonyl (C=O) groups excluding carboxylic acids is 1. The maximum atomic E-state index is 12.1. The number of rotatable bonds is 5. The summed E-state index contributed by atoms with van der Waals surface area (Å²) in [5, 5.41) is 4.04. The lowest BCUT2D eigenvalue weighted by atomic mass is 10.2. The molecule has 0 aliphatic carbocycles. The molecule has 1 amide bonds. The SMILES string of the molecule is Cc1c(C(=O)N(CCCl)CCCl)cnn1C. The summed E-state index contributed by atoms with van der Waals surface area (Å²) in [6.07, 6.45) is 1.58. The van der Waals surface area contributed by atoms with Crippen LogP contribution in [0, 0.1) is 6.92 Å². The van der Waals surface area contributed by atoms with Crippen molar-refractivity contribution in [1.29, 1.82) is 0 Å². The number of hydrogen-bond acceptors (Lipinski definition) is 2. The number of aromatic nitrogens is 2. The zero-order chi connectivity index (χ0) is 12.1. The van der Waals surface area contributed by atoms with Crippen molar-refractivity contribution >= 4 is 29.1 Å². The first-order valence-electron chi connectivity index (χ1n) is 5.01. The number of carbonyl (C=O) groups is 1. The Labute approximate surface area is 105 Å². The molecule has 1 aromatic heterocycles. The number of alkyl halides is 2. The molecule has 6 heteroatoms. The van der Waals surface area contributed by atoms with Gasteiger partial charge in [-0.25, -0.2) is 0 Å². The van der Waals surface area contributed by atoms with Gasteiger partial charge in [-0.15, -0.1) is 23.2 Å². The van der Waals surface area contributed by atoms with Crippen molar-refractivity contribution in [1.82, 2.24) is 14.7 Å². The summed E-state index contributed by atoms with van der Waals surface area (Å²) < 4.78 is 1.67. The molecule has 0 spiro atoms. The highest BCUT2D eigenvalue weighted by atomic mass is 35.5. The molecular formula is C10H15Cl2N3O. The van der Waals surface area contributed by atoms with Gasteiger partial charge in [-0.2, -0.15) is 5.10 Å². The third-order valence-electron chi connectivity index (χ3n) is 2.46. The van der Waals surface area contributed by atoms with E-state index in [1.807, 2.05) is 6.92 Å². The standard InChI is InChI=1S/C10H15Cl2N3O/c1-8-9(7-13-14(8)2)10(16)15(5-3-11)6-4-12/h7H,3-6H2,1-2H3. The first kappa shape index (κ1) is 13.3. The lowest BCUT2D eigenvalue weighted by molar-refractivity contribution is 0.0774. The zero-order valence-corrected chi connectivity index (χ0v) is 10.9. The summed E-state index contributed by atoms with van der Waals surface area (Å²) in [5.74, 6) is 0.746. The van der Waals surface area contributed by atoms with Crippen molar-refractivity contribution in [2.45, 2.75) is 6.92 Å². The van der Waals surface area contributed by atoms with Gasteiger partial charge in [0.25, 0.3) is 5.91 Å². The molecule has 0 fully saturated rings. The van der Waals surface area contributed by atoms with E-state index in [-0.39, 0.29) is 5.91 Å². The van der Waals surface area contributed by atoms with Crippen LogP contribution in [0.2, 0.25) is 0 Å². The van der Waals surface area contributed by atoms with E-state index < -0.39 is 0 Å². The minimum absolute atomic E-state index is 0.0631. The Morgan fingerprint density at radius 1 is 1.44 bits per heavy atom. The summed E-state index contributed by atoms with van der Waals surface area (Å²) in [5.41, 5.74) is 1.46. The molecule has 1 heterocycles. The van der Waals surface area contributed by atoms with Gasteiger partial charge in [-0.05, 0) is 6.92 Å². The molecule has 0 aromatic carbocycles. The van der Waals surface area contributed by atoms with E-state index in [1.54, 1.807) is 22.8 Å². The van der Waals surface area contributed by atoms with Gasteiger partial charge in [0.1, 0.15) is 0 Å². The molecule has 0 N–H and O–H groups in total. The van der Waals surface area contributed by atoms with Crippen LogP contribution in [0.3, 0.4) is 0 Å². The topological polar surface area (TPSA) is 38.1 Å². The normalized spacial score (nSPS) is 10.5. The number of halogens is 2. The van der Waals surface area contributed by atoms with Gasteiger partial charge in [0.2, 0.25) is 0 Å². The monoisotopic (exact) mass is 263 g/mol. The Morgan fingerprint density at radius 2 is 2.00 bits per heavy atom. The van der Waals surface area contributed by atoms with E-state index in [4.69, 9.17) is 23.2 Å². The Hall–Kier alpha value is -0.740. The quantitative estimate of drug-likeness (QED) is 0.758. The highest BCUT2D eigenvalue weighted by Crippen LogP contribution is 2.10. The lowest BCUT2D eigenvalue weighted by Crippen LogP contribution is -2.34. The second-order valence-corrected chi connectivity index (χ2v) is 4.19.